The first-order valence-electron chi connectivity index (χ1n) is 6.63. The van der Waals surface area contributed by atoms with Crippen LogP contribution < -0.4 is 9.47 Å². The topological polar surface area (TPSA) is 93.1 Å². The van der Waals surface area contributed by atoms with Gasteiger partial charge >= 0.3 is 5.97 Å². The van der Waals surface area contributed by atoms with E-state index in [0.29, 0.717) is 11.3 Å². The number of nitrogens with zero attached hydrogens (tertiary/aromatic N) is 1. The van der Waals surface area contributed by atoms with E-state index in [2.05, 4.69) is 0 Å². The Bertz CT molecular complexity index is 699. The molecule has 1 aliphatic heterocycles. The average molecular weight is 337 g/mol. The lowest BCUT2D eigenvalue weighted by molar-refractivity contribution is -0.144. The van der Waals surface area contributed by atoms with Gasteiger partial charge in [-0.15, -0.1) is 0 Å². The summed E-state index contributed by atoms with van der Waals surface area (Å²) in [6.45, 7) is 1.39. The highest BCUT2D eigenvalue weighted by molar-refractivity contribution is 8.18. The van der Waals surface area contributed by atoms with Crippen LogP contribution in [0.3, 0.4) is 0 Å². The molecule has 0 unspecified atom stereocenters. The van der Waals surface area contributed by atoms with E-state index >= 15 is 0 Å². The Hall–Kier alpha value is -2.48. The summed E-state index contributed by atoms with van der Waals surface area (Å²) in [6, 6.07) is 4.95. The summed E-state index contributed by atoms with van der Waals surface area (Å²) in [5.41, 5.74) is 0.455. The number of thioether (sulfide) groups is 1. The number of rotatable bonds is 5. The maximum Gasteiger partial charge on any atom is 0.344 e. The molecule has 7 nitrogen and oxygen atoms in total. The molecule has 2 rings (SSSR count). The van der Waals surface area contributed by atoms with E-state index in [1.165, 1.54) is 27.2 Å². The van der Waals surface area contributed by atoms with Crippen molar-refractivity contribution in [2.45, 2.75) is 13.0 Å². The number of carbonyl (C=O) groups is 3. The van der Waals surface area contributed by atoms with Crippen molar-refractivity contribution in [3.63, 3.8) is 0 Å². The van der Waals surface area contributed by atoms with Gasteiger partial charge in [-0.25, -0.2) is 4.79 Å². The number of carbonyl (C=O) groups excluding carboxylic acids is 2. The monoisotopic (exact) mass is 337 g/mol. The predicted octanol–water partition coefficient (Wildman–Crippen LogP) is 2.21. The number of ether oxygens (including phenoxy) is 2. The minimum absolute atomic E-state index is 0.202. The second kappa shape index (κ2) is 6.74. The number of benzene rings is 1. The Kier molecular flexibility index (Phi) is 4.95. The zero-order chi connectivity index (χ0) is 17.1. The highest BCUT2D eigenvalue weighted by atomic mass is 32.2. The van der Waals surface area contributed by atoms with Crippen LogP contribution in [-0.2, 0) is 9.59 Å². The van der Waals surface area contributed by atoms with Crippen molar-refractivity contribution in [3.8, 4) is 11.5 Å². The van der Waals surface area contributed by atoms with E-state index in [-0.39, 0.29) is 15.9 Å². The van der Waals surface area contributed by atoms with E-state index in [1.54, 1.807) is 18.2 Å². The fourth-order valence-electron chi connectivity index (χ4n) is 1.85. The number of para-hydroxylation sites is 1. The fourth-order valence-corrected chi connectivity index (χ4v) is 2.67. The van der Waals surface area contributed by atoms with Gasteiger partial charge in [0.25, 0.3) is 11.1 Å². The normalized spacial score (nSPS) is 17.5. The van der Waals surface area contributed by atoms with Gasteiger partial charge in [0.05, 0.1) is 12.0 Å². The van der Waals surface area contributed by atoms with Crippen LogP contribution in [0.5, 0.6) is 11.5 Å². The number of imide groups is 1. The molecule has 8 heteroatoms. The van der Waals surface area contributed by atoms with Gasteiger partial charge in [0.15, 0.2) is 17.6 Å². The van der Waals surface area contributed by atoms with Gasteiger partial charge in [0.2, 0.25) is 0 Å². The number of hydrogen-bond acceptors (Lipinski definition) is 6. The summed E-state index contributed by atoms with van der Waals surface area (Å²) in [7, 11) is 2.82. The predicted molar refractivity (Wildman–Crippen MR) is 84.5 cm³/mol. The molecule has 0 aromatic heterocycles. The Morgan fingerprint density at radius 1 is 1.39 bits per heavy atom. The minimum atomic E-state index is -1.13. The second-order valence-corrected chi connectivity index (χ2v) is 5.71. The Morgan fingerprint density at radius 3 is 2.61 bits per heavy atom. The zero-order valence-corrected chi connectivity index (χ0v) is 13.5. The lowest BCUT2D eigenvalue weighted by Crippen LogP contribution is -2.23. The molecule has 1 aliphatic rings. The Balaban J connectivity index is 2.44. The van der Waals surface area contributed by atoms with E-state index in [0.717, 1.165) is 16.7 Å². The van der Waals surface area contributed by atoms with Crippen LogP contribution in [0.25, 0.3) is 6.08 Å². The number of carboxylic acid groups (broad SMARTS) is 1. The van der Waals surface area contributed by atoms with Crippen LogP contribution >= 0.6 is 11.8 Å². The molecular formula is C15H15NO6S. The Labute approximate surface area is 136 Å². The van der Waals surface area contributed by atoms with Crippen LogP contribution in [0.4, 0.5) is 4.79 Å². The third kappa shape index (κ3) is 3.48. The summed E-state index contributed by atoms with van der Waals surface area (Å²) >= 11 is 0.810. The van der Waals surface area contributed by atoms with Gasteiger partial charge in [-0.05, 0) is 30.8 Å². The maximum absolute atomic E-state index is 12.0. The second-order valence-electron chi connectivity index (χ2n) is 4.72. The summed E-state index contributed by atoms with van der Waals surface area (Å²) in [5.74, 6) is -1.01. The summed E-state index contributed by atoms with van der Waals surface area (Å²) in [6.07, 6.45) is 0.389. The van der Waals surface area contributed by atoms with Gasteiger partial charge in [-0.3, -0.25) is 14.5 Å². The fraction of sp³-hybridized carbons (Fsp3) is 0.267. The van der Waals surface area contributed by atoms with Crippen molar-refractivity contribution in [3.05, 3.63) is 28.7 Å². The molecule has 1 aromatic rings. The number of carboxylic acids is 1. The largest absolute Gasteiger partial charge is 0.493 e. The lowest BCUT2D eigenvalue weighted by atomic mass is 10.1. The van der Waals surface area contributed by atoms with E-state index in [4.69, 9.17) is 14.6 Å². The standard InChI is InChI=1S/C15H15NO6S/c1-8(14(18)19)22-12-9(5-4-6-10(12)21-3)7-11-13(17)16(2)15(20)23-11/h4-8H,1-3H3,(H,18,19)/b11-7+/t8-/m1/s1. The number of methoxy groups -OCH3 is 1. The molecule has 1 aromatic carbocycles. The van der Waals surface area contributed by atoms with Gasteiger partial charge in [-0.1, -0.05) is 12.1 Å². The van der Waals surface area contributed by atoms with Crippen molar-refractivity contribution in [1.29, 1.82) is 0 Å². The third-order valence-corrected chi connectivity index (χ3v) is 4.11. The number of hydrogen-bond donors (Lipinski definition) is 1. The highest BCUT2D eigenvalue weighted by Crippen LogP contribution is 2.37. The van der Waals surface area contributed by atoms with E-state index < -0.39 is 18.0 Å². The third-order valence-electron chi connectivity index (χ3n) is 3.14. The molecule has 1 N–H and O–H groups in total. The molecule has 2 amide bonds. The van der Waals surface area contributed by atoms with Crippen molar-refractivity contribution in [2.24, 2.45) is 0 Å². The van der Waals surface area contributed by atoms with Crippen molar-refractivity contribution in [2.75, 3.05) is 14.2 Å². The first-order valence-corrected chi connectivity index (χ1v) is 7.44. The molecular weight excluding hydrogens is 322 g/mol. The van der Waals surface area contributed by atoms with Crippen LogP contribution in [0.1, 0.15) is 12.5 Å². The van der Waals surface area contributed by atoms with Crippen LogP contribution in [0.2, 0.25) is 0 Å². The Morgan fingerprint density at radius 2 is 2.09 bits per heavy atom. The molecule has 122 valence electrons. The lowest BCUT2D eigenvalue weighted by Gasteiger charge is -2.16. The van der Waals surface area contributed by atoms with Gasteiger partial charge < -0.3 is 14.6 Å². The molecule has 0 spiro atoms. The first kappa shape index (κ1) is 16.9. The molecule has 1 atom stereocenters. The van der Waals surface area contributed by atoms with Crippen LogP contribution in [-0.4, -0.2) is 47.4 Å². The van der Waals surface area contributed by atoms with Crippen LogP contribution in [0, 0.1) is 0 Å². The maximum atomic E-state index is 12.0. The highest BCUT2D eigenvalue weighted by Gasteiger charge is 2.32. The number of aliphatic carboxylic acids is 1. The molecule has 0 saturated carbocycles. The minimum Gasteiger partial charge on any atom is -0.493 e. The van der Waals surface area contributed by atoms with E-state index in [1.807, 2.05) is 0 Å². The van der Waals surface area contributed by atoms with Gasteiger partial charge in [0, 0.05) is 12.6 Å². The smallest absolute Gasteiger partial charge is 0.344 e. The van der Waals surface area contributed by atoms with Crippen molar-refractivity contribution >= 4 is 35.0 Å². The zero-order valence-electron chi connectivity index (χ0n) is 12.7. The molecule has 1 fully saturated rings. The van der Waals surface area contributed by atoms with E-state index in [9.17, 15) is 14.4 Å². The summed E-state index contributed by atoms with van der Waals surface area (Å²) < 4.78 is 10.6. The van der Waals surface area contributed by atoms with Crippen molar-refractivity contribution in [1.82, 2.24) is 4.90 Å². The molecule has 23 heavy (non-hydrogen) atoms. The number of likely N-dealkylation sites (N-methyl/N-ethyl adjacent to an activating group) is 1. The quantitative estimate of drug-likeness (QED) is 0.823. The summed E-state index contributed by atoms with van der Waals surface area (Å²) in [5, 5.41) is 8.63. The first-order chi connectivity index (χ1) is 10.8. The molecule has 1 heterocycles. The van der Waals surface area contributed by atoms with Crippen LogP contribution in [0.15, 0.2) is 23.1 Å². The SMILES string of the molecule is COc1cccc(/C=C2/SC(=O)N(C)C2=O)c1O[C@H](C)C(=O)O. The molecule has 0 bridgehead atoms. The molecule has 0 radical (unpaired) electrons. The average Bonchev–Trinajstić information content (AvgIpc) is 2.75. The number of amides is 2. The van der Waals surface area contributed by atoms with Gasteiger partial charge in [-0.2, -0.15) is 0 Å². The molecule has 0 aliphatic carbocycles. The molecule has 1 saturated heterocycles. The summed E-state index contributed by atoms with van der Waals surface area (Å²) in [4.78, 5) is 35.8. The van der Waals surface area contributed by atoms with Gasteiger partial charge in [0.1, 0.15) is 0 Å². The van der Waals surface area contributed by atoms with Crippen molar-refractivity contribution < 1.29 is 29.0 Å².